The van der Waals surface area contributed by atoms with Crippen LogP contribution in [0.25, 0.3) is 11.3 Å². The van der Waals surface area contributed by atoms with Crippen LogP contribution in [0.1, 0.15) is 16.1 Å². The highest BCUT2D eigenvalue weighted by atomic mass is 32.2. The quantitative estimate of drug-likeness (QED) is 0.274. The van der Waals surface area contributed by atoms with E-state index < -0.39 is 15.9 Å². The third-order valence-electron chi connectivity index (χ3n) is 4.86. The first-order valence-corrected chi connectivity index (χ1v) is 11.8. The number of nitrogens with zero attached hydrogens (tertiary/aromatic N) is 1. The van der Waals surface area contributed by atoms with Crippen molar-refractivity contribution in [2.75, 3.05) is 11.8 Å². The summed E-state index contributed by atoms with van der Waals surface area (Å²) in [5, 5.41) is 3.86. The van der Waals surface area contributed by atoms with Crippen molar-refractivity contribution < 1.29 is 26.8 Å². The minimum absolute atomic E-state index is 0.0834. The second-order valence-corrected chi connectivity index (χ2v) is 8.95. The molecule has 0 spiro atoms. The summed E-state index contributed by atoms with van der Waals surface area (Å²) in [6, 6.07) is 21.1. The number of carbonyl (C=O) groups is 1. The van der Waals surface area contributed by atoms with E-state index in [-0.39, 0.29) is 16.3 Å². The van der Waals surface area contributed by atoms with Gasteiger partial charge in [0.15, 0.2) is 0 Å². The number of halogens is 1. The molecule has 178 valence electrons. The van der Waals surface area contributed by atoms with Gasteiger partial charge in [-0.2, -0.15) is 5.10 Å². The first-order valence-electron chi connectivity index (χ1n) is 10.3. The van der Waals surface area contributed by atoms with Gasteiger partial charge in [0.2, 0.25) is 0 Å². The molecule has 10 heteroatoms. The molecule has 0 atom stereocenters. The number of amides is 1. The Morgan fingerprint density at radius 1 is 1.00 bits per heavy atom. The lowest BCUT2D eigenvalue weighted by atomic mass is 10.2. The summed E-state index contributed by atoms with van der Waals surface area (Å²) in [6.07, 6.45) is 1.30. The average molecular weight is 494 g/mol. The lowest BCUT2D eigenvalue weighted by Crippen LogP contribution is -2.19. The molecule has 1 aromatic heterocycles. The Bertz CT molecular complexity index is 1460. The van der Waals surface area contributed by atoms with Gasteiger partial charge in [0.1, 0.15) is 23.1 Å². The van der Waals surface area contributed by atoms with Crippen LogP contribution in [0.5, 0.6) is 5.75 Å². The molecule has 0 aliphatic carbocycles. The fourth-order valence-corrected chi connectivity index (χ4v) is 4.19. The summed E-state index contributed by atoms with van der Waals surface area (Å²) in [6.45, 7) is 0. The van der Waals surface area contributed by atoms with Crippen LogP contribution < -0.4 is 14.9 Å². The Kier molecular flexibility index (Phi) is 6.93. The number of ether oxygens (including phenoxy) is 1. The first-order chi connectivity index (χ1) is 16.8. The van der Waals surface area contributed by atoms with Crippen LogP contribution in [0.3, 0.4) is 0 Å². The van der Waals surface area contributed by atoms with Crippen molar-refractivity contribution in [2.45, 2.75) is 4.90 Å². The molecule has 2 N–H and O–H groups in total. The average Bonchev–Trinajstić information content (AvgIpc) is 3.33. The van der Waals surface area contributed by atoms with Gasteiger partial charge in [0.25, 0.3) is 15.9 Å². The number of carbonyl (C=O) groups excluding carboxylic acids is 1. The molecule has 3 aromatic carbocycles. The molecule has 0 aliphatic rings. The number of hydrazone groups is 1. The number of furan rings is 1. The summed E-state index contributed by atoms with van der Waals surface area (Å²) < 4.78 is 51.7. The second kappa shape index (κ2) is 10.2. The number of rotatable bonds is 8. The largest absolute Gasteiger partial charge is 0.497 e. The molecule has 0 fully saturated rings. The second-order valence-electron chi connectivity index (χ2n) is 7.27. The van der Waals surface area contributed by atoms with Crippen LogP contribution in [-0.4, -0.2) is 27.6 Å². The highest BCUT2D eigenvalue weighted by Gasteiger charge is 2.16. The maximum absolute atomic E-state index is 13.1. The van der Waals surface area contributed by atoms with Crippen molar-refractivity contribution in [2.24, 2.45) is 5.10 Å². The molecule has 1 amide bonds. The van der Waals surface area contributed by atoms with E-state index in [1.54, 1.807) is 48.5 Å². The number of hydrogen-bond acceptors (Lipinski definition) is 6. The zero-order valence-corrected chi connectivity index (χ0v) is 19.3. The fourth-order valence-electron chi connectivity index (χ4n) is 3.09. The van der Waals surface area contributed by atoms with Crippen molar-refractivity contribution in [1.82, 2.24) is 5.43 Å². The molecule has 0 unspecified atom stereocenters. The molecule has 4 rings (SSSR count). The minimum Gasteiger partial charge on any atom is -0.497 e. The third kappa shape index (κ3) is 5.92. The van der Waals surface area contributed by atoms with Crippen molar-refractivity contribution in [1.29, 1.82) is 0 Å². The number of anilines is 1. The maximum Gasteiger partial charge on any atom is 0.271 e. The highest BCUT2D eigenvalue weighted by Crippen LogP contribution is 2.22. The summed E-state index contributed by atoms with van der Waals surface area (Å²) in [4.78, 5) is 12.4. The van der Waals surface area contributed by atoms with Crippen LogP contribution in [-0.2, 0) is 10.0 Å². The van der Waals surface area contributed by atoms with E-state index in [1.165, 1.54) is 49.7 Å². The lowest BCUT2D eigenvalue weighted by molar-refractivity contribution is 0.0955. The third-order valence-corrected chi connectivity index (χ3v) is 6.24. The fraction of sp³-hybridized carbons (Fsp3) is 0.0400. The van der Waals surface area contributed by atoms with Crippen LogP contribution in [0, 0.1) is 5.82 Å². The predicted octanol–water partition coefficient (Wildman–Crippen LogP) is 4.66. The summed E-state index contributed by atoms with van der Waals surface area (Å²) in [7, 11) is -2.41. The van der Waals surface area contributed by atoms with Gasteiger partial charge in [-0.25, -0.2) is 18.2 Å². The topological polar surface area (TPSA) is 110 Å². The highest BCUT2D eigenvalue weighted by molar-refractivity contribution is 7.92. The Balaban J connectivity index is 1.41. The molecule has 4 aromatic rings. The molecule has 1 heterocycles. The monoisotopic (exact) mass is 493 g/mol. The molecule has 35 heavy (non-hydrogen) atoms. The van der Waals surface area contributed by atoms with E-state index in [0.29, 0.717) is 28.5 Å². The molecule has 0 saturated carbocycles. The molecule has 0 aliphatic heterocycles. The van der Waals surface area contributed by atoms with Crippen LogP contribution in [0.15, 0.2) is 99.3 Å². The zero-order chi connectivity index (χ0) is 24.8. The van der Waals surface area contributed by atoms with Gasteiger partial charge in [-0.1, -0.05) is 6.07 Å². The van der Waals surface area contributed by atoms with E-state index in [9.17, 15) is 17.6 Å². The maximum atomic E-state index is 13.1. The minimum atomic E-state index is -3.93. The number of hydrogen-bond donors (Lipinski definition) is 2. The van der Waals surface area contributed by atoms with E-state index >= 15 is 0 Å². The normalized spacial score (nSPS) is 11.4. The van der Waals surface area contributed by atoms with Crippen LogP contribution in [0.2, 0.25) is 0 Å². The van der Waals surface area contributed by atoms with Gasteiger partial charge < -0.3 is 9.15 Å². The molecule has 0 saturated heterocycles. The van der Waals surface area contributed by atoms with Gasteiger partial charge in [0.05, 0.1) is 18.2 Å². The molecular weight excluding hydrogens is 473 g/mol. The summed E-state index contributed by atoms with van der Waals surface area (Å²) >= 11 is 0. The standard InChI is InChI=1S/C25H20FN3O5S/c1-33-21-11-9-20(10-12-21)29-35(31,32)23-4-2-3-18(15-23)25(30)28-27-16-22-13-14-24(34-22)17-5-7-19(26)8-6-17/h2-16,29H,1H3,(H,28,30)/b27-16-. The smallest absolute Gasteiger partial charge is 0.271 e. The van der Waals surface area contributed by atoms with E-state index in [0.717, 1.165) is 0 Å². The number of nitrogens with one attached hydrogen (secondary N) is 2. The Morgan fingerprint density at radius 2 is 1.74 bits per heavy atom. The van der Waals surface area contributed by atoms with Crippen molar-refractivity contribution in [3.63, 3.8) is 0 Å². The van der Waals surface area contributed by atoms with E-state index in [2.05, 4.69) is 15.2 Å². The Morgan fingerprint density at radius 3 is 2.46 bits per heavy atom. The Hall–Kier alpha value is -4.44. The molecule has 0 bridgehead atoms. The van der Waals surface area contributed by atoms with Gasteiger partial charge in [-0.3, -0.25) is 9.52 Å². The van der Waals surface area contributed by atoms with Crippen LogP contribution in [0.4, 0.5) is 10.1 Å². The number of sulfonamides is 1. The molecular formula is C25H20FN3O5S. The molecule has 8 nitrogen and oxygen atoms in total. The summed E-state index contributed by atoms with van der Waals surface area (Å²) in [5.74, 6) is 0.518. The van der Waals surface area contributed by atoms with Gasteiger partial charge in [0, 0.05) is 16.8 Å². The van der Waals surface area contributed by atoms with Crippen molar-refractivity contribution in [3.05, 3.63) is 102 Å². The van der Waals surface area contributed by atoms with E-state index in [4.69, 9.17) is 9.15 Å². The van der Waals surface area contributed by atoms with Gasteiger partial charge in [-0.05, 0) is 78.9 Å². The number of methoxy groups -OCH3 is 1. The van der Waals surface area contributed by atoms with E-state index in [1.807, 2.05) is 0 Å². The zero-order valence-electron chi connectivity index (χ0n) is 18.4. The van der Waals surface area contributed by atoms with Crippen molar-refractivity contribution >= 4 is 27.8 Å². The van der Waals surface area contributed by atoms with Gasteiger partial charge in [-0.15, -0.1) is 0 Å². The predicted molar refractivity (Wildman–Crippen MR) is 129 cm³/mol. The molecule has 0 radical (unpaired) electrons. The van der Waals surface area contributed by atoms with Crippen LogP contribution >= 0.6 is 0 Å². The SMILES string of the molecule is COc1ccc(NS(=O)(=O)c2cccc(C(=O)N/N=C\c3ccc(-c4ccc(F)cc4)o3)c2)cc1. The van der Waals surface area contributed by atoms with Crippen molar-refractivity contribution in [3.8, 4) is 17.1 Å². The lowest BCUT2D eigenvalue weighted by Gasteiger charge is -2.09. The van der Waals surface area contributed by atoms with Gasteiger partial charge >= 0.3 is 0 Å². The Labute approximate surface area is 201 Å². The summed E-state index contributed by atoms with van der Waals surface area (Å²) in [5.41, 5.74) is 3.48. The first kappa shape index (κ1) is 23.7. The number of benzene rings is 3.